The summed E-state index contributed by atoms with van der Waals surface area (Å²) in [6.07, 6.45) is 0.344. The number of aromatic nitrogens is 1. The van der Waals surface area contributed by atoms with E-state index in [2.05, 4.69) is 27.8 Å². The molecule has 1 N–H and O–H groups in total. The Kier molecular flexibility index (Phi) is 8.37. The van der Waals surface area contributed by atoms with E-state index in [0.29, 0.717) is 24.9 Å². The van der Waals surface area contributed by atoms with Crippen molar-refractivity contribution in [1.29, 1.82) is 0 Å². The lowest BCUT2D eigenvalue weighted by Crippen LogP contribution is -2.58. The molecule has 0 aromatic carbocycles. The van der Waals surface area contributed by atoms with Gasteiger partial charge in [-0.2, -0.15) is 13.2 Å². The molecule has 194 valence electrons. The highest BCUT2D eigenvalue weighted by Gasteiger charge is 2.61. The van der Waals surface area contributed by atoms with Gasteiger partial charge in [-0.25, -0.2) is 4.79 Å². The Morgan fingerprint density at radius 3 is 2.43 bits per heavy atom. The lowest BCUT2D eigenvalue weighted by molar-refractivity contribution is -0.192. The third-order valence-electron chi connectivity index (χ3n) is 7.14. The van der Waals surface area contributed by atoms with Crippen molar-refractivity contribution in [1.82, 2.24) is 19.7 Å². The number of alkyl halides is 3. The van der Waals surface area contributed by atoms with Crippen molar-refractivity contribution in [3.8, 4) is 0 Å². The maximum atomic E-state index is 13.2. The predicted molar refractivity (Wildman–Crippen MR) is 118 cm³/mol. The molecule has 0 saturated carbocycles. The van der Waals surface area contributed by atoms with Gasteiger partial charge in [0.2, 0.25) is 11.8 Å². The number of piperidine rings is 1. The minimum Gasteiger partial charge on any atom is -0.475 e. The van der Waals surface area contributed by atoms with Crippen molar-refractivity contribution in [3.05, 3.63) is 30.1 Å². The van der Waals surface area contributed by atoms with Gasteiger partial charge in [0.25, 0.3) is 0 Å². The molecular formula is C23H31F3N4O5. The van der Waals surface area contributed by atoms with Crippen molar-refractivity contribution in [2.45, 2.75) is 38.0 Å². The number of likely N-dealkylation sites (tertiary alicyclic amines) is 3. The molecule has 0 radical (unpaired) electrons. The lowest BCUT2D eigenvalue weighted by atomic mass is 9.75. The average molecular weight is 501 g/mol. The molecule has 2 atom stereocenters. The Hall–Kier alpha value is -2.73. The summed E-state index contributed by atoms with van der Waals surface area (Å²) in [4.78, 5) is 44.9. The lowest BCUT2D eigenvalue weighted by Gasteiger charge is -2.47. The van der Waals surface area contributed by atoms with Crippen molar-refractivity contribution >= 4 is 17.8 Å². The van der Waals surface area contributed by atoms with Gasteiger partial charge < -0.3 is 19.6 Å². The zero-order valence-corrected chi connectivity index (χ0v) is 19.8. The quantitative estimate of drug-likeness (QED) is 0.656. The molecule has 4 rings (SSSR count). The van der Waals surface area contributed by atoms with E-state index in [9.17, 15) is 22.8 Å². The molecule has 3 aliphatic rings. The van der Waals surface area contributed by atoms with Gasteiger partial charge in [-0.15, -0.1) is 0 Å². The van der Waals surface area contributed by atoms with E-state index < -0.39 is 12.1 Å². The van der Waals surface area contributed by atoms with Crippen LogP contribution in [0.1, 0.15) is 25.3 Å². The Morgan fingerprint density at radius 1 is 1.26 bits per heavy atom. The second-order valence-corrected chi connectivity index (χ2v) is 9.07. The smallest absolute Gasteiger partial charge is 0.475 e. The van der Waals surface area contributed by atoms with E-state index in [-0.39, 0.29) is 24.0 Å². The monoisotopic (exact) mass is 500 g/mol. The summed E-state index contributed by atoms with van der Waals surface area (Å²) < 4.78 is 36.7. The van der Waals surface area contributed by atoms with E-state index in [0.717, 1.165) is 39.0 Å². The summed E-state index contributed by atoms with van der Waals surface area (Å²) in [5.74, 6) is -1.98. The maximum absolute atomic E-state index is 13.2. The number of carboxylic acids is 1. The van der Waals surface area contributed by atoms with E-state index >= 15 is 0 Å². The second-order valence-electron chi connectivity index (χ2n) is 9.07. The number of carboxylic acid groups (broad SMARTS) is 1. The molecule has 1 spiro atoms. The van der Waals surface area contributed by atoms with E-state index in [1.165, 1.54) is 5.56 Å². The largest absolute Gasteiger partial charge is 0.490 e. The number of nitrogens with zero attached hydrogens (tertiary/aromatic N) is 4. The minimum absolute atomic E-state index is 0.0471. The Morgan fingerprint density at radius 2 is 1.91 bits per heavy atom. The van der Waals surface area contributed by atoms with Crippen LogP contribution in [0.5, 0.6) is 0 Å². The minimum atomic E-state index is -5.08. The molecule has 2 amide bonds. The normalized spacial score (nSPS) is 23.7. The van der Waals surface area contributed by atoms with Crippen LogP contribution in [-0.2, 0) is 25.7 Å². The summed E-state index contributed by atoms with van der Waals surface area (Å²) >= 11 is 0. The molecular weight excluding hydrogens is 469 g/mol. The van der Waals surface area contributed by atoms with Gasteiger partial charge in [-0.05, 0) is 31.4 Å². The number of aliphatic carboxylic acids is 1. The zero-order chi connectivity index (χ0) is 25.8. The van der Waals surface area contributed by atoms with Crippen molar-refractivity contribution in [2.75, 3.05) is 46.4 Å². The van der Waals surface area contributed by atoms with Gasteiger partial charge in [0.15, 0.2) is 0 Å². The molecule has 4 heterocycles. The predicted octanol–water partition coefficient (Wildman–Crippen LogP) is 1.63. The van der Waals surface area contributed by atoms with Gasteiger partial charge in [-0.3, -0.25) is 19.5 Å². The molecule has 0 unspecified atom stereocenters. The molecule has 0 bridgehead atoms. The van der Waals surface area contributed by atoms with Gasteiger partial charge in [0.1, 0.15) is 6.61 Å². The van der Waals surface area contributed by atoms with E-state index in [1.807, 2.05) is 17.2 Å². The Labute approximate surface area is 201 Å². The summed E-state index contributed by atoms with van der Waals surface area (Å²) in [5, 5.41) is 7.12. The molecule has 35 heavy (non-hydrogen) atoms. The van der Waals surface area contributed by atoms with E-state index in [1.54, 1.807) is 13.3 Å². The molecule has 3 fully saturated rings. The van der Waals surface area contributed by atoms with E-state index in [4.69, 9.17) is 14.6 Å². The number of rotatable bonds is 5. The Balaban J connectivity index is 0.000000429. The second kappa shape index (κ2) is 10.9. The number of methoxy groups -OCH3 is 1. The number of carbonyl (C=O) groups excluding carboxylic acids is 2. The van der Waals surface area contributed by atoms with Crippen LogP contribution < -0.4 is 0 Å². The number of amides is 2. The highest BCUT2D eigenvalue weighted by molar-refractivity contribution is 5.84. The number of fused-ring (bicyclic) bond motifs is 2. The first-order valence-corrected chi connectivity index (χ1v) is 11.5. The van der Waals surface area contributed by atoms with Crippen LogP contribution in [0.3, 0.4) is 0 Å². The van der Waals surface area contributed by atoms with Crippen LogP contribution in [0.4, 0.5) is 13.2 Å². The van der Waals surface area contributed by atoms with Gasteiger partial charge in [0, 0.05) is 64.7 Å². The summed E-state index contributed by atoms with van der Waals surface area (Å²) in [6, 6.07) is 4.06. The van der Waals surface area contributed by atoms with Crippen molar-refractivity contribution in [3.63, 3.8) is 0 Å². The summed E-state index contributed by atoms with van der Waals surface area (Å²) in [6.45, 7) is 6.98. The molecule has 1 aromatic rings. The zero-order valence-electron chi connectivity index (χ0n) is 19.8. The number of ether oxygens (including phenoxy) is 1. The van der Waals surface area contributed by atoms with Gasteiger partial charge in [0.05, 0.1) is 11.5 Å². The first-order chi connectivity index (χ1) is 16.5. The van der Waals surface area contributed by atoms with Crippen molar-refractivity contribution in [2.24, 2.45) is 11.8 Å². The molecule has 1 aromatic heterocycles. The van der Waals surface area contributed by atoms with Crippen LogP contribution in [0.25, 0.3) is 0 Å². The molecule has 9 nitrogen and oxygen atoms in total. The first-order valence-electron chi connectivity index (χ1n) is 11.5. The number of halogens is 3. The van der Waals surface area contributed by atoms with Crippen LogP contribution >= 0.6 is 0 Å². The number of hydrogen-bond acceptors (Lipinski definition) is 6. The van der Waals surface area contributed by atoms with Crippen LogP contribution in [0.15, 0.2) is 24.5 Å². The number of hydrogen-bond donors (Lipinski definition) is 1. The fourth-order valence-corrected chi connectivity index (χ4v) is 5.65. The van der Waals surface area contributed by atoms with Crippen LogP contribution in [-0.4, -0.2) is 101 Å². The molecule has 12 heteroatoms. The van der Waals surface area contributed by atoms with Crippen LogP contribution in [0.2, 0.25) is 0 Å². The highest BCUT2D eigenvalue weighted by atomic mass is 19.4. The maximum Gasteiger partial charge on any atom is 0.490 e. The third-order valence-corrected chi connectivity index (χ3v) is 7.14. The topological polar surface area (TPSA) is 103 Å². The SMILES string of the molecule is CCN1C(=O)[C@H]2CN(Cc3cccnc3)C[C@H]2C12CCN(C(=O)COC)CC2.O=C(O)C(F)(F)F. The molecule has 3 aliphatic heterocycles. The third kappa shape index (κ3) is 5.75. The first kappa shape index (κ1) is 26.9. The average Bonchev–Trinajstić information content (AvgIpc) is 3.32. The standard InChI is InChI=1S/C21H30N4O3.C2HF3O2/c1-3-25-20(27)17-13-23(12-16-5-4-8-22-11-16)14-18(17)21(25)6-9-24(10-7-21)19(26)15-28-2;3-2(4,5)1(6)7/h4-5,8,11,17-18H,3,6-7,9-10,12-15H2,1-2H3;(H,6,7)/t17-,18+;/m0./s1. The molecule has 3 saturated heterocycles. The van der Waals surface area contributed by atoms with Crippen molar-refractivity contribution < 1.29 is 37.4 Å². The fraction of sp³-hybridized carbons (Fsp3) is 0.652. The fourth-order valence-electron chi connectivity index (χ4n) is 5.65. The summed E-state index contributed by atoms with van der Waals surface area (Å²) in [7, 11) is 1.55. The Bertz CT molecular complexity index is 906. The van der Waals surface area contributed by atoms with Crippen LogP contribution in [0, 0.1) is 11.8 Å². The number of pyridine rings is 1. The molecule has 0 aliphatic carbocycles. The summed E-state index contributed by atoms with van der Waals surface area (Å²) in [5.41, 5.74) is 1.08. The highest BCUT2D eigenvalue weighted by Crippen LogP contribution is 2.49. The van der Waals surface area contributed by atoms with Gasteiger partial charge >= 0.3 is 12.1 Å². The number of carbonyl (C=O) groups is 3. The van der Waals surface area contributed by atoms with Gasteiger partial charge in [-0.1, -0.05) is 6.07 Å².